The predicted octanol–water partition coefficient (Wildman–Crippen LogP) is 5.08. The first-order valence-corrected chi connectivity index (χ1v) is 6.98. The van der Waals surface area contributed by atoms with Crippen LogP contribution in [0.4, 0.5) is 4.39 Å². The molecule has 3 rings (SSSR count). The molecule has 0 fully saturated rings. The van der Waals surface area contributed by atoms with Crippen molar-refractivity contribution >= 4 is 11.6 Å². The van der Waals surface area contributed by atoms with Crippen LogP contribution in [0.15, 0.2) is 60.8 Å². The molecule has 0 amide bonds. The van der Waals surface area contributed by atoms with Crippen molar-refractivity contribution in [3.8, 4) is 28.5 Å². The van der Waals surface area contributed by atoms with Crippen LogP contribution in [0.5, 0.6) is 0 Å². The third-order valence-electron chi connectivity index (χ3n) is 3.30. The number of nitrogens with zero attached hydrogens (tertiary/aromatic N) is 2. The monoisotopic (exact) mass is 308 g/mol. The number of hydrogen-bond donors (Lipinski definition) is 0. The number of rotatable bonds is 2. The smallest absolute Gasteiger partial charge is 0.140 e. The van der Waals surface area contributed by atoms with Crippen molar-refractivity contribution in [1.29, 1.82) is 5.26 Å². The van der Waals surface area contributed by atoms with E-state index in [4.69, 9.17) is 16.9 Å². The lowest BCUT2D eigenvalue weighted by Crippen LogP contribution is -1.91. The Bertz CT molecular complexity index is 884. The lowest BCUT2D eigenvalue weighted by Gasteiger charge is -2.09. The normalized spacial score (nSPS) is 10.2. The lowest BCUT2D eigenvalue weighted by molar-refractivity contribution is 0.624. The topological polar surface area (TPSA) is 36.7 Å². The Morgan fingerprint density at radius 2 is 1.86 bits per heavy atom. The predicted molar refractivity (Wildman–Crippen MR) is 84.8 cm³/mol. The molecule has 1 aromatic heterocycles. The molecule has 0 aliphatic heterocycles. The van der Waals surface area contributed by atoms with Crippen molar-refractivity contribution in [2.45, 2.75) is 0 Å². The quantitative estimate of drug-likeness (QED) is 0.662. The van der Waals surface area contributed by atoms with Crippen molar-refractivity contribution in [2.24, 2.45) is 0 Å². The van der Waals surface area contributed by atoms with Gasteiger partial charge in [-0.15, -0.1) is 0 Å². The molecular weight excluding hydrogens is 299 g/mol. The summed E-state index contributed by atoms with van der Waals surface area (Å²) < 4.78 is 13.5. The average molecular weight is 309 g/mol. The molecule has 1 heterocycles. The van der Waals surface area contributed by atoms with Gasteiger partial charge in [0.2, 0.25) is 0 Å². The maximum absolute atomic E-state index is 13.5. The standard InChI is InChI=1S/C18H10ClFN2/c19-15-4-1-3-13(10-15)18-16(5-2-8-22-18)12-6-7-17(20)14(9-12)11-21/h1-10H. The van der Waals surface area contributed by atoms with Gasteiger partial charge in [-0.05, 0) is 35.9 Å². The van der Waals surface area contributed by atoms with Crippen LogP contribution in [0.2, 0.25) is 5.02 Å². The van der Waals surface area contributed by atoms with E-state index < -0.39 is 5.82 Å². The molecule has 0 atom stereocenters. The molecule has 2 aromatic carbocycles. The molecule has 106 valence electrons. The molecule has 0 unspecified atom stereocenters. The second-order valence-corrected chi connectivity index (χ2v) is 5.15. The molecule has 22 heavy (non-hydrogen) atoms. The van der Waals surface area contributed by atoms with Crippen LogP contribution in [0.3, 0.4) is 0 Å². The summed E-state index contributed by atoms with van der Waals surface area (Å²) in [6, 6.07) is 17.4. The molecule has 0 bridgehead atoms. The lowest BCUT2D eigenvalue weighted by atomic mass is 9.98. The van der Waals surface area contributed by atoms with Crippen LogP contribution >= 0.6 is 11.6 Å². The first-order valence-electron chi connectivity index (χ1n) is 6.60. The second kappa shape index (κ2) is 5.97. The highest BCUT2D eigenvalue weighted by atomic mass is 35.5. The van der Waals surface area contributed by atoms with E-state index in [0.717, 1.165) is 22.4 Å². The Labute approximate surface area is 132 Å². The number of halogens is 2. The van der Waals surface area contributed by atoms with E-state index >= 15 is 0 Å². The molecule has 0 radical (unpaired) electrons. The first-order chi connectivity index (χ1) is 10.7. The van der Waals surface area contributed by atoms with Gasteiger partial charge in [0.15, 0.2) is 0 Å². The summed E-state index contributed by atoms with van der Waals surface area (Å²) in [6.07, 6.45) is 1.69. The van der Waals surface area contributed by atoms with Crippen molar-refractivity contribution in [2.75, 3.05) is 0 Å². The van der Waals surface area contributed by atoms with E-state index in [1.807, 2.05) is 30.3 Å². The number of nitriles is 1. The minimum atomic E-state index is -0.528. The van der Waals surface area contributed by atoms with E-state index in [1.54, 1.807) is 24.4 Å². The van der Waals surface area contributed by atoms with Crippen LogP contribution < -0.4 is 0 Å². The Balaban J connectivity index is 2.19. The minimum Gasteiger partial charge on any atom is -0.256 e. The van der Waals surface area contributed by atoms with E-state index in [1.165, 1.54) is 12.1 Å². The van der Waals surface area contributed by atoms with E-state index in [0.29, 0.717) is 5.02 Å². The summed E-state index contributed by atoms with van der Waals surface area (Å²) in [7, 11) is 0. The zero-order valence-electron chi connectivity index (χ0n) is 11.4. The largest absolute Gasteiger partial charge is 0.256 e. The number of hydrogen-bond acceptors (Lipinski definition) is 2. The number of benzene rings is 2. The van der Waals surface area contributed by atoms with Gasteiger partial charge in [0.25, 0.3) is 0 Å². The van der Waals surface area contributed by atoms with Gasteiger partial charge < -0.3 is 0 Å². The summed E-state index contributed by atoms with van der Waals surface area (Å²) in [5.74, 6) is -0.528. The minimum absolute atomic E-state index is 0.0124. The third kappa shape index (κ3) is 2.69. The molecule has 0 spiro atoms. The molecule has 3 aromatic rings. The van der Waals surface area contributed by atoms with Gasteiger partial charge >= 0.3 is 0 Å². The van der Waals surface area contributed by atoms with Gasteiger partial charge in [0.05, 0.1) is 11.3 Å². The maximum Gasteiger partial charge on any atom is 0.140 e. The van der Waals surface area contributed by atoms with E-state index in [2.05, 4.69) is 4.98 Å². The van der Waals surface area contributed by atoms with Crippen LogP contribution in [0, 0.1) is 17.1 Å². The Kier molecular flexibility index (Phi) is 3.86. The fourth-order valence-electron chi connectivity index (χ4n) is 2.28. The van der Waals surface area contributed by atoms with Gasteiger partial charge in [0, 0.05) is 22.3 Å². The average Bonchev–Trinajstić information content (AvgIpc) is 2.55. The van der Waals surface area contributed by atoms with Crippen molar-refractivity contribution in [1.82, 2.24) is 4.98 Å². The third-order valence-corrected chi connectivity index (χ3v) is 3.54. The molecule has 0 saturated carbocycles. The van der Waals surface area contributed by atoms with Gasteiger partial charge in [0.1, 0.15) is 11.9 Å². The Morgan fingerprint density at radius 3 is 2.64 bits per heavy atom. The van der Waals surface area contributed by atoms with Gasteiger partial charge in [-0.25, -0.2) is 4.39 Å². The fraction of sp³-hybridized carbons (Fsp3) is 0. The Morgan fingerprint density at radius 1 is 1.00 bits per heavy atom. The highest BCUT2D eigenvalue weighted by Crippen LogP contribution is 2.32. The molecular formula is C18H10ClFN2. The molecule has 0 saturated heterocycles. The van der Waals surface area contributed by atoms with Crippen molar-refractivity contribution in [3.05, 3.63) is 77.2 Å². The summed E-state index contributed by atoms with van der Waals surface area (Å²) >= 11 is 6.04. The van der Waals surface area contributed by atoms with Crippen molar-refractivity contribution in [3.63, 3.8) is 0 Å². The summed E-state index contributed by atoms with van der Waals surface area (Å²) in [6.45, 7) is 0. The van der Waals surface area contributed by atoms with Crippen LogP contribution in [0.25, 0.3) is 22.4 Å². The zero-order valence-corrected chi connectivity index (χ0v) is 12.2. The van der Waals surface area contributed by atoms with E-state index in [9.17, 15) is 4.39 Å². The van der Waals surface area contributed by atoms with E-state index in [-0.39, 0.29) is 5.56 Å². The van der Waals surface area contributed by atoms with Crippen LogP contribution in [-0.4, -0.2) is 4.98 Å². The molecule has 0 aliphatic rings. The zero-order chi connectivity index (χ0) is 15.5. The Hall–Kier alpha value is -2.70. The highest BCUT2D eigenvalue weighted by Gasteiger charge is 2.11. The molecule has 4 heteroatoms. The first kappa shape index (κ1) is 14.2. The molecule has 2 nitrogen and oxygen atoms in total. The number of aromatic nitrogens is 1. The molecule has 0 N–H and O–H groups in total. The summed E-state index contributed by atoms with van der Waals surface area (Å²) in [5, 5.41) is 9.61. The van der Waals surface area contributed by atoms with Crippen LogP contribution in [-0.2, 0) is 0 Å². The SMILES string of the molecule is N#Cc1cc(-c2cccnc2-c2cccc(Cl)c2)ccc1F. The number of pyridine rings is 1. The maximum atomic E-state index is 13.5. The fourth-order valence-corrected chi connectivity index (χ4v) is 2.47. The van der Waals surface area contributed by atoms with Gasteiger partial charge in [-0.3, -0.25) is 4.98 Å². The summed E-state index contributed by atoms with van der Waals surface area (Å²) in [4.78, 5) is 4.41. The van der Waals surface area contributed by atoms with Crippen molar-refractivity contribution < 1.29 is 4.39 Å². The van der Waals surface area contributed by atoms with Gasteiger partial charge in [-0.1, -0.05) is 35.9 Å². The highest BCUT2D eigenvalue weighted by molar-refractivity contribution is 6.30. The van der Waals surface area contributed by atoms with Gasteiger partial charge in [-0.2, -0.15) is 5.26 Å². The second-order valence-electron chi connectivity index (χ2n) is 4.72. The summed E-state index contributed by atoms with van der Waals surface area (Å²) in [5.41, 5.74) is 3.17. The van der Waals surface area contributed by atoms with Crippen LogP contribution in [0.1, 0.15) is 5.56 Å². The molecule has 0 aliphatic carbocycles.